The van der Waals surface area contributed by atoms with Crippen LogP contribution in [0.25, 0.3) is 0 Å². The molecule has 0 saturated heterocycles. The van der Waals surface area contributed by atoms with Gasteiger partial charge in [0.25, 0.3) is 0 Å². The highest BCUT2D eigenvalue weighted by Crippen LogP contribution is 2.27. The van der Waals surface area contributed by atoms with Gasteiger partial charge >= 0.3 is 0 Å². The second-order valence-electron chi connectivity index (χ2n) is 4.57. The Hall–Kier alpha value is -1.99. The molecule has 2 rings (SSSR count). The largest absolute Gasteiger partial charge is 0.497 e. The van der Waals surface area contributed by atoms with Crippen molar-refractivity contribution in [3.8, 4) is 11.5 Å². The van der Waals surface area contributed by atoms with Gasteiger partial charge in [-0.1, -0.05) is 11.6 Å². The van der Waals surface area contributed by atoms with Crippen LogP contribution >= 0.6 is 11.6 Å². The van der Waals surface area contributed by atoms with Gasteiger partial charge < -0.3 is 9.47 Å². The van der Waals surface area contributed by atoms with Crippen LogP contribution in [0, 0.1) is 5.82 Å². The Morgan fingerprint density at radius 1 is 1.13 bits per heavy atom. The first-order chi connectivity index (χ1) is 10.9. The molecule has 0 bridgehead atoms. The normalized spacial score (nSPS) is 11.1. The zero-order valence-corrected chi connectivity index (χ0v) is 13.8. The molecule has 0 radical (unpaired) electrons. The van der Waals surface area contributed by atoms with Crippen molar-refractivity contribution in [2.45, 2.75) is 0 Å². The van der Waals surface area contributed by atoms with E-state index in [1.807, 2.05) is 0 Å². The highest BCUT2D eigenvalue weighted by Gasteiger charge is 2.13. The molecule has 0 saturated carbocycles. The van der Waals surface area contributed by atoms with Crippen LogP contribution in [0.3, 0.4) is 0 Å². The summed E-state index contributed by atoms with van der Waals surface area (Å²) in [6.45, 7) is -0.0747. The van der Waals surface area contributed by atoms with Crippen LogP contribution in [-0.4, -0.2) is 27.9 Å². The van der Waals surface area contributed by atoms with E-state index in [0.717, 1.165) is 0 Å². The highest BCUT2D eigenvalue weighted by atomic mass is 35.5. The number of anilines is 1. The summed E-state index contributed by atoms with van der Waals surface area (Å²) in [4.78, 5) is 0. The number of hydrogen-bond donors (Lipinski definition) is 1. The van der Waals surface area contributed by atoms with Crippen LogP contribution in [0.15, 0.2) is 42.5 Å². The highest BCUT2D eigenvalue weighted by molar-refractivity contribution is 7.92. The van der Waals surface area contributed by atoms with Crippen molar-refractivity contribution in [3.05, 3.63) is 53.3 Å². The summed E-state index contributed by atoms with van der Waals surface area (Å²) < 4.78 is 49.4. The summed E-state index contributed by atoms with van der Waals surface area (Å²) in [7, 11) is -2.14. The summed E-state index contributed by atoms with van der Waals surface area (Å²) in [6, 6.07) is 9.94. The molecule has 0 unspecified atom stereocenters. The number of halogens is 2. The number of methoxy groups -OCH3 is 1. The van der Waals surface area contributed by atoms with Crippen molar-refractivity contribution in [2.24, 2.45) is 0 Å². The number of nitrogens with one attached hydrogen (secondary N) is 1. The molecular weight excluding hydrogens is 345 g/mol. The van der Waals surface area contributed by atoms with Crippen LogP contribution < -0.4 is 14.2 Å². The lowest BCUT2D eigenvalue weighted by Gasteiger charge is -2.11. The molecule has 0 atom stereocenters. The maximum atomic E-state index is 12.7. The van der Waals surface area contributed by atoms with E-state index in [4.69, 9.17) is 21.1 Å². The predicted molar refractivity (Wildman–Crippen MR) is 87.3 cm³/mol. The Kier molecular flexibility index (Phi) is 5.68. The van der Waals surface area contributed by atoms with Crippen LogP contribution in [0.1, 0.15) is 0 Å². The fraction of sp³-hybridized carbons (Fsp3) is 0.200. The SMILES string of the molecule is COc1ccc(NS(=O)(=O)CCOc2ccc(F)cc2)c(Cl)c1. The van der Waals surface area contributed by atoms with Gasteiger partial charge in [-0.05, 0) is 36.4 Å². The van der Waals surface area contributed by atoms with E-state index in [-0.39, 0.29) is 28.9 Å². The third-order valence-electron chi connectivity index (χ3n) is 2.88. The molecule has 124 valence electrons. The lowest BCUT2D eigenvalue weighted by Crippen LogP contribution is -2.21. The molecule has 23 heavy (non-hydrogen) atoms. The van der Waals surface area contributed by atoms with Gasteiger partial charge in [-0.25, -0.2) is 12.8 Å². The van der Waals surface area contributed by atoms with Crippen molar-refractivity contribution in [1.29, 1.82) is 0 Å². The van der Waals surface area contributed by atoms with E-state index < -0.39 is 10.0 Å². The van der Waals surface area contributed by atoms with Gasteiger partial charge in [0.2, 0.25) is 10.0 Å². The fourth-order valence-electron chi connectivity index (χ4n) is 1.72. The summed E-state index contributed by atoms with van der Waals surface area (Å²) in [5.74, 6) is 0.259. The van der Waals surface area contributed by atoms with Crippen molar-refractivity contribution in [3.63, 3.8) is 0 Å². The van der Waals surface area contributed by atoms with Crippen molar-refractivity contribution in [1.82, 2.24) is 0 Å². The molecule has 0 aliphatic rings. The minimum absolute atomic E-state index is 0.0747. The molecule has 0 aliphatic carbocycles. The second-order valence-corrected chi connectivity index (χ2v) is 6.82. The maximum absolute atomic E-state index is 12.7. The third-order valence-corrected chi connectivity index (χ3v) is 4.42. The molecule has 8 heteroatoms. The molecule has 2 aromatic carbocycles. The number of rotatable bonds is 7. The molecule has 2 aromatic rings. The Balaban J connectivity index is 1.93. The fourth-order valence-corrected chi connectivity index (χ4v) is 2.92. The van der Waals surface area contributed by atoms with E-state index >= 15 is 0 Å². The average Bonchev–Trinajstić information content (AvgIpc) is 2.51. The number of sulfonamides is 1. The summed E-state index contributed by atoms with van der Waals surface area (Å²) >= 11 is 5.99. The Morgan fingerprint density at radius 2 is 1.78 bits per heavy atom. The smallest absolute Gasteiger partial charge is 0.236 e. The zero-order chi connectivity index (χ0) is 16.9. The Morgan fingerprint density at radius 3 is 2.39 bits per heavy atom. The van der Waals surface area contributed by atoms with E-state index in [9.17, 15) is 12.8 Å². The number of benzene rings is 2. The minimum atomic E-state index is -3.63. The molecule has 0 aliphatic heterocycles. The van der Waals surface area contributed by atoms with Gasteiger partial charge in [0.1, 0.15) is 29.7 Å². The second kappa shape index (κ2) is 7.52. The van der Waals surface area contributed by atoms with E-state index in [1.54, 1.807) is 6.07 Å². The molecule has 0 spiro atoms. The first-order valence-electron chi connectivity index (χ1n) is 6.62. The maximum Gasteiger partial charge on any atom is 0.236 e. The summed E-state index contributed by atoms with van der Waals surface area (Å²) in [5.41, 5.74) is 0.259. The lowest BCUT2D eigenvalue weighted by atomic mass is 10.3. The lowest BCUT2D eigenvalue weighted by molar-refractivity contribution is 0.340. The average molecular weight is 360 g/mol. The Bertz CT molecular complexity index is 766. The topological polar surface area (TPSA) is 64.6 Å². The Labute approximate surface area is 139 Å². The standard InChI is InChI=1S/C15H15ClFNO4S/c1-21-13-6-7-15(14(16)10-13)18-23(19,20)9-8-22-12-4-2-11(17)3-5-12/h2-7,10,18H,8-9H2,1H3. The first kappa shape index (κ1) is 17.4. The van der Waals surface area contributed by atoms with Crippen LogP contribution in [0.4, 0.5) is 10.1 Å². The summed E-state index contributed by atoms with van der Waals surface area (Å²) in [5, 5.41) is 0.229. The van der Waals surface area contributed by atoms with Gasteiger partial charge in [0.05, 0.1) is 17.8 Å². The minimum Gasteiger partial charge on any atom is -0.497 e. The molecule has 5 nitrogen and oxygen atoms in total. The number of hydrogen-bond acceptors (Lipinski definition) is 4. The molecule has 0 fully saturated rings. The number of ether oxygens (including phenoxy) is 2. The molecule has 0 aromatic heterocycles. The van der Waals surface area contributed by atoms with Crippen molar-refractivity contribution >= 4 is 27.3 Å². The van der Waals surface area contributed by atoms with E-state index in [0.29, 0.717) is 11.5 Å². The van der Waals surface area contributed by atoms with Crippen LogP contribution in [-0.2, 0) is 10.0 Å². The monoisotopic (exact) mass is 359 g/mol. The van der Waals surface area contributed by atoms with E-state index in [1.165, 1.54) is 43.5 Å². The molecular formula is C15H15ClFNO4S. The van der Waals surface area contributed by atoms with Crippen molar-refractivity contribution < 1.29 is 22.3 Å². The van der Waals surface area contributed by atoms with Gasteiger partial charge in [-0.15, -0.1) is 0 Å². The molecule has 1 N–H and O–H groups in total. The van der Waals surface area contributed by atoms with Crippen molar-refractivity contribution in [2.75, 3.05) is 24.2 Å². The van der Waals surface area contributed by atoms with Gasteiger partial charge in [-0.2, -0.15) is 0 Å². The quantitative estimate of drug-likeness (QED) is 0.823. The summed E-state index contributed by atoms with van der Waals surface area (Å²) in [6.07, 6.45) is 0. The van der Waals surface area contributed by atoms with Crippen LogP contribution in [0.2, 0.25) is 5.02 Å². The molecule has 0 heterocycles. The molecule has 0 amide bonds. The third kappa shape index (κ3) is 5.30. The zero-order valence-electron chi connectivity index (χ0n) is 12.3. The van der Waals surface area contributed by atoms with Gasteiger partial charge in [0, 0.05) is 6.07 Å². The van der Waals surface area contributed by atoms with Gasteiger partial charge in [-0.3, -0.25) is 4.72 Å². The van der Waals surface area contributed by atoms with E-state index in [2.05, 4.69) is 4.72 Å². The predicted octanol–water partition coefficient (Wildman–Crippen LogP) is 3.31. The first-order valence-corrected chi connectivity index (χ1v) is 8.65. The van der Waals surface area contributed by atoms with Crippen LogP contribution in [0.5, 0.6) is 11.5 Å². The van der Waals surface area contributed by atoms with Gasteiger partial charge in [0.15, 0.2) is 0 Å².